The van der Waals surface area contributed by atoms with E-state index >= 15 is 0 Å². The van der Waals surface area contributed by atoms with Crippen LogP contribution in [-0.4, -0.2) is 43.3 Å². The van der Waals surface area contributed by atoms with Crippen molar-refractivity contribution in [2.45, 2.75) is 44.5 Å². The molecule has 0 unspecified atom stereocenters. The molecule has 1 saturated heterocycles. The average Bonchev–Trinajstić information content (AvgIpc) is 2.88. The van der Waals surface area contributed by atoms with Gasteiger partial charge in [0.15, 0.2) is 5.79 Å². The largest absolute Gasteiger partial charge is 0.469 e. The van der Waals surface area contributed by atoms with Gasteiger partial charge in [0.05, 0.1) is 32.3 Å². The molecule has 0 radical (unpaired) electrons. The lowest BCUT2D eigenvalue weighted by Crippen LogP contribution is -2.58. The van der Waals surface area contributed by atoms with Gasteiger partial charge in [0.1, 0.15) is 0 Å². The molecule has 1 N–H and O–H groups in total. The molecule has 5 heteroatoms. The van der Waals surface area contributed by atoms with Crippen LogP contribution in [0, 0.1) is 23.7 Å². The first-order valence-corrected chi connectivity index (χ1v) is 7.63. The van der Waals surface area contributed by atoms with Crippen molar-refractivity contribution in [3.63, 3.8) is 0 Å². The van der Waals surface area contributed by atoms with E-state index in [2.05, 4.69) is 0 Å². The summed E-state index contributed by atoms with van der Waals surface area (Å²) >= 11 is 0. The molecular weight excluding hydrogens is 260 g/mol. The number of hydrogen-bond acceptors (Lipinski definition) is 5. The van der Waals surface area contributed by atoms with Gasteiger partial charge in [0.2, 0.25) is 0 Å². The lowest BCUT2D eigenvalue weighted by Gasteiger charge is -2.53. The second kappa shape index (κ2) is 5.28. The van der Waals surface area contributed by atoms with Gasteiger partial charge in [0.25, 0.3) is 0 Å². The molecule has 5 atom stereocenters. The molecule has 2 aliphatic carbocycles. The van der Waals surface area contributed by atoms with Crippen LogP contribution in [0.4, 0.5) is 0 Å². The molecule has 114 valence electrons. The van der Waals surface area contributed by atoms with E-state index in [0.29, 0.717) is 19.6 Å². The van der Waals surface area contributed by atoms with Crippen LogP contribution in [0.2, 0.25) is 0 Å². The first-order valence-electron chi connectivity index (χ1n) is 7.63. The van der Waals surface area contributed by atoms with Crippen molar-refractivity contribution in [3.05, 3.63) is 0 Å². The Bertz CT molecular complexity index is 376. The number of carbonyl (C=O) groups excluding carboxylic acids is 1. The first kappa shape index (κ1) is 14.3. The predicted molar refractivity (Wildman–Crippen MR) is 70.8 cm³/mol. The quantitative estimate of drug-likeness (QED) is 0.736. The minimum atomic E-state index is -0.587. The third-order valence-electron chi connectivity index (χ3n) is 5.37. The molecule has 2 saturated carbocycles. The summed E-state index contributed by atoms with van der Waals surface area (Å²) < 4.78 is 16.9. The number of hydrogen-bond donors (Lipinski definition) is 1. The molecule has 0 aromatic carbocycles. The Kier molecular flexibility index (Phi) is 3.77. The van der Waals surface area contributed by atoms with E-state index in [1.165, 1.54) is 7.11 Å². The number of esters is 1. The maximum absolute atomic E-state index is 12.2. The zero-order valence-corrected chi connectivity index (χ0v) is 12.2. The minimum Gasteiger partial charge on any atom is -0.469 e. The molecular formula is C15H24O5. The summed E-state index contributed by atoms with van der Waals surface area (Å²) in [4.78, 5) is 12.2. The lowest BCUT2D eigenvalue weighted by atomic mass is 9.58. The molecule has 1 aliphatic heterocycles. The van der Waals surface area contributed by atoms with Crippen LogP contribution in [0.25, 0.3) is 0 Å². The number of carbonyl (C=O) groups is 1. The molecule has 0 amide bonds. The molecule has 5 nitrogen and oxygen atoms in total. The maximum atomic E-state index is 12.2. The van der Waals surface area contributed by atoms with Crippen LogP contribution in [0.5, 0.6) is 0 Å². The van der Waals surface area contributed by atoms with E-state index in [-0.39, 0.29) is 29.6 Å². The van der Waals surface area contributed by atoms with E-state index in [4.69, 9.17) is 14.2 Å². The highest BCUT2D eigenvalue weighted by atomic mass is 16.7. The fourth-order valence-corrected chi connectivity index (χ4v) is 4.64. The van der Waals surface area contributed by atoms with Crippen LogP contribution in [0.15, 0.2) is 0 Å². The fourth-order valence-electron chi connectivity index (χ4n) is 4.64. The normalized spacial score (nSPS) is 43.2. The topological polar surface area (TPSA) is 65.0 Å². The highest BCUT2D eigenvalue weighted by Crippen LogP contribution is 2.54. The van der Waals surface area contributed by atoms with Crippen molar-refractivity contribution in [1.82, 2.24) is 0 Å². The standard InChI is InChI=1S/C15H24O5/c1-9-8-15(19-6-7-20-15)10-4-3-5-11(16)13(10)12(9)14(17)18-2/h9-13,16H,3-8H2,1-2H3/t9-,10-,11+,12+,13+/m0/s1. The third-order valence-corrected chi connectivity index (χ3v) is 5.37. The van der Waals surface area contributed by atoms with Gasteiger partial charge in [-0.15, -0.1) is 0 Å². The predicted octanol–water partition coefficient (Wildman–Crippen LogP) is 1.34. The second-order valence-corrected chi connectivity index (χ2v) is 6.42. The number of aliphatic hydroxyl groups is 1. The van der Waals surface area contributed by atoms with Gasteiger partial charge in [-0.05, 0) is 18.8 Å². The SMILES string of the molecule is COC(=O)[C@H]1[C@H]2[C@H](O)CCC[C@@H]2C2(C[C@@H]1C)OCCO2. The van der Waals surface area contributed by atoms with E-state index in [1.807, 2.05) is 6.92 Å². The van der Waals surface area contributed by atoms with Crippen molar-refractivity contribution < 1.29 is 24.1 Å². The lowest BCUT2D eigenvalue weighted by molar-refractivity contribution is -0.264. The fraction of sp³-hybridized carbons (Fsp3) is 0.933. The van der Waals surface area contributed by atoms with Gasteiger partial charge >= 0.3 is 5.97 Å². The van der Waals surface area contributed by atoms with Crippen LogP contribution < -0.4 is 0 Å². The summed E-state index contributed by atoms with van der Waals surface area (Å²) in [6.45, 7) is 3.25. The molecule has 0 bridgehead atoms. The maximum Gasteiger partial charge on any atom is 0.309 e. The molecule has 1 spiro atoms. The second-order valence-electron chi connectivity index (χ2n) is 6.42. The van der Waals surface area contributed by atoms with Crippen molar-refractivity contribution in [3.8, 4) is 0 Å². The zero-order chi connectivity index (χ0) is 14.3. The highest BCUT2D eigenvalue weighted by Gasteiger charge is 2.59. The summed E-state index contributed by atoms with van der Waals surface area (Å²) in [5.41, 5.74) is 0. The van der Waals surface area contributed by atoms with Crippen LogP contribution in [0.3, 0.4) is 0 Å². The van der Waals surface area contributed by atoms with Crippen LogP contribution in [-0.2, 0) is 19.0 Å². The highest BCUT2D eigenvalue weighted by molar-refractivity contribution is 5.73. The summed E-state index contributed by atoms with van der Waals surface area (Å²) in [5, 5.41) is 10.5. The van der Waals surface area contributed by atoms with Gasteiger partial charge in [-0.3, -0.25) is 4.79 Å². The monoisotopic (exact) mass is 284 g/mol. The Morgan fingerprint density at radius 1 is 1.30 bits per heavy atom. The number of rotatable bonds is 1. The van der Waals surface area contributed by atoms with Crippen molar-refractivity contribution in [2.75, 3.05) is 20.3 Å². The number of aliphatic hydroxyl groups excluding tert-OH is 1. The Morgan fingerprint density at radius 3 is 2.65 bits per heavy atom. The number of ether oxygens (including phenoxy) is 3. The molecule has 0 aromatic rings. The summed E-state index contributed by atoms with van der Waals surface area (Å²) in [6.07, 6.45) is 2.89. The number of methoxy groups -OCH3 is 1. The first-order chi connectivity index (χ1) is 9.59. The molecule has 20 heavy (non-hydrogen) atoms. The third kappa shape index (κ3) is 2.07. The average molecular weight is 284 g/mol. The molecule has 0 aromatic heterocycles. The molecule has 3 rings (SSSR count). The zero-order valence-electron chi connectivity index (χ0n) is 12.2. The van der Waals surface area contributed by atoms with Gasteiger partial charge < -0.3 is 19.3 Å². The Balaban J connectivity index is 1.95. The summed E-state index contributed by atoms with van der Waals surface area (Å²) in [6, 6.07) is 0. The summed E-state index contributed by atoms with van der Waals surface area (Å²) in [5.74, 6) is -0.975. The number of fused-ring (bicyclic) bond motifs is 2. The van der Waals surface area contributed by atoms with Gasteiger partial charge in [0, 0.05) is 18.3 Å². The molecule has 1 heterocycles. The van der Waals surface area contributed by atoms with Crippen molar-refractivity contribution >= 4 is 5.97 Å². The molecule has 3 aliphatic rings. The van der Waals surface area contributed by atoms with Crippen molar-refractivity contribution in [2.24, 2.45) is 23.7 Å². The van der Waals surface area contributed by atoms with Crippen LogP contribution >= 0.6 is 0 Å². The van der Waals surface area contributed by atoms with Crippen molar-refractivity contribution in [1.29, 1.82) is 0 Å². The molecule has 3 fully saturated rings. The smallest absolute Gasteiger partial charge is 0.309 e. The van der Waals surface area contributed by atoms with Gasteiger partial charge in [-0.25, -0.2) is 0 Å². The van der Waals surface area contributed by atoms with Gasteiger partial charge in [-0.2, -0.15) is 0 Å². The minimum absolute atomic E-state index is 0.0917. The van der Waals surface area contributed by atoms with Gasteiger partial charge in [-0.1, -0.05) is 13.3 Å². The summed E-state index contributed by atoms with van der Waals surface area (Å²) in [7, 11) is 1.42. The van der Waals surface area contributed by atoms with E-state index < -0.39 is 11.9 Å². The van der Waals surface area contributed by atoms with Crippen LogP contribution in [0.1, 0.15) is 32.6 Å². The Hall–Kier alpha value is -0.650. The van der Waals surface area contributed by atoms with E-state index in [9.17, 15) is 9.90 Å². The van der Waals surface area contributed by atoms with E-state index in [1.54, 1.807) is 0 Å². The Labute approximate surface area is 119 Å². The van der Waals surface area contributed by atoms with E-state index in [0.717, 1.165) is 19.3 Å². The Morgan fingerprint density at radius 2 is 2.00 bits per heavy atom.